The van der Waals surface area contributed by atoms with Crippen molar-refractivity contribution in [2.45, 2.75) is 13.5 Å². The monoisotopic (exact) mass is 411 g/mol. The van der Waals surface area contributed by atoms with Crippen molar-refractivity contribution in [3.63, 3.8) is 0 Å². The molecule has 0 spiro atoms. The van der Waals surface area contributed by atoms with Crippen molar-refractivity contribution in [3.05, 3.63) is 63.0 Å². The van der Waals surface area contributed by atoms with Crippen LogP contribution in [0, 0.1) is 10.1 Å². The lowest BCUT2D eigenvalue weighted by molar-refractivity contribution is -0.384. The lowest BCUT2D eigenvalue weighted by Crippen LogP contribution is -2.16. The average Bonchev–Trinajstić information content (AvgIpc) is 3.06. The number of hydrogen-bond acceptors (Lipinski definition) is 6. The molecule has 1 aliphatic rings. The van der Waals surface area contributed by atoms with Crippen molar-refractivity contribution >= 4 is 39.2 Å². The first-order valence-electron chi connectivity index (χ1n) is 8.99. The van der Waals surface area contributed by atoms with E-state index in [0.717, 1.165) is 10.2 Å². The summed E-state index contributed by atoms with van der Waals surface area (Å²) < 4.78 is 14.2. The molecule has 0 atom stereocenters. The van der Waals surface area contributed by atoms with Crippen LogP contribution in [-0.4, -0.2) is 28.6 Å². The molecule has 0 radical (unpaired) electrons. The molecule has 0 N–H and O–H groups in total. The predicted molar refractivity (Wildman–Crippen MR) is 109 cm³/mol. The van der Waals surface area contributed by atoms with Gasteiger partial charge in [-0.05, 0) is 18.6 Å². The standard InChI is InChI=1S/C20H17N3O5S/c1-2-22-15-11-16-17(28-9-8-27-16)12-18(15)29-20(22)21-19(24)7-6-13-4-3-5-14(10-13)23(25)26/h3-7,10-12H,2,8-9H2,1H3/b7-6+,21-20?. The highest BCUT2D eigenvalue weighted by molar-refractivity contribution is 7.16. The number of benzene rings is 2. The molecule has 1 aliphatic heterocycles. The van der Waals surface area contributed by atoms with E-state index in [9.17, 15) is 14.9 Å². The zero-order valence-corrected chi connectivity index (χ0v) is 16.3. The molecule has 1 amide bonds. The second-order valence-corrected chi connectivity index (χ2v) is 7.24. The van der Waals surface area contributed by atoms with E-state index in [1.807, 2.05) is 23.6 Å². The fraction of sp³-hybridized carbons (Fsp3) is 0.200. The molecule has 0 unspecified atom stereocenters. The fourth-order valence-electron chi connectivity index (χ4n) is 3.04. The smallest absolute Gasteiger partial charge is 0.272 e. The molecule has 0 saturated carbocycles. The second-order valence-electron chi connectivity index (χ2n) is 6.23. The predicted octanol–water partition coefficient (Wildman–Crippen LogP) is 3.54. The minimum absolute atomic E-state index is 0.0294. The zero-order chi connectivity index (χ0) is 20.4. The topological polar surface area (TPSA) is 96.0 Å². The van der Waals surface area contributed by atoms with Crippen LogP contribution in [0.2, 0.25) is 0 Å². The SMILES string of the molecule is CCn1c(=NC(=O)/C=C/c2cccc([N+](=O)[O-])c2)sc2cc3c(cc21)OCCO3. The number of fused-ring (bicyclic) bond motifs is 2. The highest BCUT2D eigenvalue weighted by Gasteiger charge is 2.16. The largest absolute Gasteiger partial charge is 0.486 e. The molecule has 0 saturated heterocycles. The van der Waals surface area contributed by atoms with E-state index in [1.54, 1.807) is 12.1 Å². The van der Waals surface area contributed by atoms with Gasteiger partial charge in [0, 0.05) is 36.9 Å². The number of nitro groups is 1. The van der Waals surface area contributed by atoms with Crippen LogP contribution in [0.25, 0.3) is 16.3 Å². The van der Waals surface area contributed by atoms with Crippen LogP contribution < -0.4 is 14.3 Å². The lowest BCUT2D eigenvalue weighted by atomic mass is 10.2. The highest BCUT2D eigenvalue weighted by Crippen LogP contribution is 2.35. The van der Waals surface area contributed by atoms with E-state index in [2.05, 4.69) is 4.99 Å². The molecule has 0 fully saturated rings. The van der Waals surface area contributed by atoms with Gasteiger partial charge in [0.15, 0.2) is 16.3 Å². The summed E-state index contributed by atoms with van der Waals surface area (Å²) in [7, 11) is 0. The van der Waals surface area contributed by atoms with Crippen LogP contribution in [0.4, 0.5) is 5.69 Å². The maximum atomic E-state index is 12.4. The third-order valence-electron chi connectivity index (χ3n) is 4.37. The number of nitrogens with zero attached hydrogens (tertiary/aromatic N) is 3. The molecule has 148 valence electrons. The third-order valence-corrected chi connectivity index (χ3v) is 5.41. The summed E-state index contributed by atoms with van der Waals surface area (Å²) in [6.07, 6.45) is 2.82. The summed E-state index contributed by atoms with van der Waals surface area (Å²) in [6, 6.07) is 9.88. The molecule has 4 rings (SSSR count). The van der Waals surface area contributed by atoms with Gasteiger partial charge in [0.1, 0.15) is 13.2 Å². The number of carbonyl (C=O) groups excluding carboxylic acids is 1. The maximum Gasteiger partial charge on any atom is 0.272 e. The number of hydrogen-bond donors (Lipinski definition) is 0. The number of ether oxygens (including phenoxy) is 2. The molecule has 29 heavy (non-hydrogen) atoms. The van der Waals surface area contributed by atoms with Crippen molar-refractivity contribution in [2.75, 3.05) is 13.2 Å². The molecule has 2 heterocycles. The van der Waals surface area contributed by atoms with Gasteiger partial charge in [-0.3, -0.25) is 14.9 Å². The molecule has 9 heteroatoms. The van der Waals surface area contributed by atoms with Crippen molar-refractivity contribution in [3.8, 4) is 11.5 Å². The molecular formula is C20H17N3O5S. The summed E-state index contributed by atoms with van der Waals surface area (Å²) >= 11 is 1.39. The molecular weight excluding hydrogens is 394 g/mol. The van der Waals surface area contributed by atoms with E-state index in [-0.39, 0.29) is 5.69 Å². The van der Waals surface area contributed by atoms with E-state index >= 15 is 0 Å². The highest BCUT2D eigenvalue weighted by atomic mass is 32.1. The minimum atomic E-state index is -0.474. The number of thiazole rings is 1. The number of amides is 1. The van der Waals surface area contributed by atoms with Gasteiger partial charge in [-0.1, -0.05) is 23.5 Å². The van der Waals surface area contributed by atoms with Gasteiger partial charge in [0.25, 0.3) is 11.6 Å². The summed E-state index contributed by atoms with van der Waals surface area (Å²) in [4.78, 5) is 27.5. The van der Waals surface area contributed by atoms with Crippen molar-refractivity contribution in [1.29, 1.82) is 0 Å². The normalized spacial score (nSPS) is 13.9. The Hall–Kier alpha value is -3.46. The number of aromatic nitrogens is 1. The Morgan fingerprint density at radius 2 is 2.03 bits per heavy atom. The molecule has 0 bridgehead atoms. The first-order valence-corrected chi connectivity index (χ1v) is 9.81. The van der Waals surface area contributed by atoms with Gasteiger partial charge in [-0.15, -0.1) is 0 Å². The van der Waals surface area contributed by atoms with Crippen LogP contribution >= 0.6 is 11.3 Å². The molecule has 3 aromatic rings. The Kier molecular flexibility index (Phi) is 5.13. The van der Waals surface area contributed by atoms with Crippen molar-refractivity contribution < 1.29 is 19.2 Å². The Morgan fingerprint density at radius 3 is 2.76 bits per heavy atom. The van der Waals surface area contributed by atoms with Crippen molar-refractivity contribution in [2.24, 2.45) is 4.99 Å². The first-order chi connectivity index (χ1) is 14.0. The van der Waals surface area contributed by atoms with Crippen molar-refractivity contribution in [1.82, 2.24) is 4.57 Å². The Labute approximate surface area is 169 Å². The van der Waals surface area contributed by atoms with Gasteiger partial charge in [0.05, 0.1) is 15.1 Å². The van der Waals surface area contributed by atoms with Crippen LogP contribution in [0.1, 0.15) is 12.5 Å². The van der Waals surface area contributed by atoms with Gasteiger partial charge >= 0.3 is 0 Å². The Morgan fingerprint density at radius 1 is 1.28 bits per heavy atom. The van der Waals surface area contributed by atoms with Gasteiger partial charge in [-0.25, -0.2) is 0 Å². The van der Waals surface area contributed by atoms with Crippen LogP contribution in [0.3, 0.4) is 0 Å². The van der Waals surface area contributed by atoms with E-state index in [4.69, 9.17) is 9.47 Å². The Bertz CT molecular complexity index is 1210. The summed E-state index contributed by atoms with van der Waals surface area (Å²) in [5.41, 5.74) is 1.46. The zero-order valence-electron chi connectivity index (χ0n) is 15.5. The van der Waals surface area contributed by atoms with Gasteiger partial charge < -0.3 is 14.0 Å². The number of nitro benzene ring substituents is 1. The Balaban J connectivity index is 1.67. The number of aryl methyl sites for hydroxylation is 1. The van der Waals surface area contributed by atoms with Crippen LogP contribution in [0.5, 0.6) is 11.5 Å². The molecule has 2 aromatic carbocycles. The molecule has 8 nitrogen and oxygen atoms in total. The van der Waals surface area contributed by atoms with E-state index in [0.29, 0.717) is 41.6 Å². The summed E-state index contributed by atoms with van der Waals surface area (Å²) in [6.45, 7) is 3.63. The average molecular weight is 411 g/mol. The fourth-order valence-corrected chi connectivity index (χ4v) is 4.15. The first kappa shape index (κ1) is 18.9. The summed E-state index contributed by atoms with van der Waals surface area (Å²) in [5, 5.41) is 10.9. The van der Waals surface area contributed by atoms with Gasteiger partial charge in [-0.2, -0.15) is 4.99 Å². The maximum absolute atomic E-state index is 12.4. The van der Waals surface area contributed by atoms with Crippen LogP contribution in [-0.2, 0) is 11.3 Å². The molecule has 0 aliphatic carbocycles. The minimum Gasteiger partial charge on any atom is -0.486 e. The quantitative estimate of drug-likeness (QED) is 0.372. The summed E-state index contributed by atoms with van der Waals surface area (Å²) in [5.74, 6) is 0.936. The third kappa shape index (κ3) is 3.90. The number of rotatable bonds is 4. The lowest BCUT2D eigenvalue weighted by Gasteiger charge is -2.18. The molecule has 1 aromatic heterocycles. The van der Waals surface area contributed by atoms with E-state index in [1.165, 1.54) is 35.6 Å². The number of non-ortho nitro benzene ring substituents is 1. The number of carbonyl (C=O) groups is 1. The van der Waals surface area contributed by atoms with Gasteiger partial charge in [0.2, 0.25) is 0 Å². The second kappa shape index (κ2) is 7.88. The van der Waals surface area contributed by atoms with E-state index < -0.39 is 10.8 Å². The van der Waals surface area contributed by atoms with Crippen LogP contribution in [0.15, 0.2) is 47.5 Å².